The van der Waals surface area contributed by atoms with Crippen molar-refractivity contribution in [2.45, 2.75) is 39.8 Å². The Labute approximate surface area is 156 Å². The summed E-state index contributed by atoms with van der Waals surface area (Å²) in [7, 11) is 5.15. The van der Waals surface area contributed by atoms with Crippen molar-refractivity contribution in [3.63, 3.8) is 0 Å². The van der Waals surface area contributed by atoms with E-state index < -0.39 is 0 Å². The molecule has 6 nitrogen and oxygen atoms in total. The van der Waals surface area contributed by atoms with Gasteiger partial charge in [0, 0.05) is 19.1 Å². The lowest BCUT2D eigenvalue weighted by atomic mass is 9.86. The van der Waals surface area contributed by atoms with E-state index in [9.17, 15) is 9.90 Å². The molecule has 0 bridgehead atoms. The van der Waals surface area contributed by atoms with E-state index in [4.69, 9.17) is 9.47 Å². The monoisotopic (exact) mass is 364 g/mol. The Morgan fingerprint density at radius 3 is 2.31 bits per heavy atom. The van der Waals surface area contributed by atoms with Gasteiger partial charge in [0.05, 0.1) is 27.4 Å². The first-order chi connectivity index (χ1) is 12.2. The number of ether oxygens (including phenoxy) is 2. The Kier molecular flexibility index (Phi) is 6.53. The maximum absolute atomic E-state index is 12.8. The van der Waals surface area contributed by atoms with Crippen molar-refractivity contribution in [3.05, 3.63) is 23.3 Å². The molecule has 26 heavy (non-hydrogen) atoms. The number of likely N-dealkylation sites (N-methyl/N-ethyl adjacent to an activating group) is 1. The van der Waals surface area contributed by atoms with Gasteiger partial charge in [0.1, 0.15) is 0 Å². The molecule has 0 spiro atoms. The van der Waals surface area contributed by atoms with E-state index in [1.54, 1.807) is 14.2 Å². The molecule has 1 atom stereocenters. The van der Waals surface area contributed by atoms with E-state index in [-0.39, 0.29) is 24.0 Å². The number of aliphatic hydroxyl groups excluding tert-OH is 1. The van der Waals surface area contributed by atoms with Crippen molar-refractivity contribution in [2.24, 2.45) is 5.41 Å². The second-order valence-corrected chi connectivity index (χ2v) is 8.02. The second-order valence-electron chi connectivity index (χ2n) is 8.02. The van der Waals surface area contributed by atoms with Crippen LogP contribution in [-0.4, -0.2) is 67.8 Å². The number of rotatable bonds is 6. The van der Waals surface area contributed by atoms with Gasteiger partial charge in [-0.1, -0.05) is 20.8 Å². The predicted octanol–water partition coefficient (Wildman–Crippen LogP) is 1.93. The van der Waals surface area contributed by atoms with Crippen LogP contribution in [-0.2, 0) is 17.8 Å². The summed E-state index contributed by atoms with van der Waals surface area (Å²) >= 11 is 0. The van der Waals surface area contributed by atoms with Crippen LogP contribution >= 0.6 is 0 Å². The minimum Gasteiger partial charge on any atom is -0.493 e. The third kappa shape index (κ3) is 4.48. The number of carbonyl (C=O) groups is 1. The maximum Gasteiger partial charge on any atom is 0.237 e. The molecule has 2 rings (SSSR count). The van der Waals surface area contributed by atoms with Crippen molar-refractivity contribution < 1.29 is 19.4 Å². The predicted molar refractivity (Wildman–Crippen MR) is 102 cm³/mol. The number of hydrogen-bond acceptors (Lipinski definition) is 5. The highest BCUT2D eigenvalue weighted by atomic mass is 16.5. The summed E-state index contributed by atoms with van der Waals surface area (Å²) in [6, 6.07) is 3.90. The molecule has 0 aromatic heterocycles. The van der Waals surface area contributed by atoms with Crippen LogP contribution in [0.25, 0.3) is 0 Å². The van der Waals surface area contributed by atoms with Crippen LogP contribution in [0.2, 0.25) is 0 Å². The number of hydrogen-bond donors (Lipinski definition) is 1. The van der Waals surface area contributed by atoms with Crippen molar-refractivity contribution >= 4 is 5.91 Å². The molecule has 1 N–H and O–H groups in total. The third-order valence-corrected chi connectivity index (χ3v) is 5.16. The van der Waals surface area contributed by atoms with Crippen LogP contribution in [0.15, 0.2) is 12.1 Å². The second kappa shape index (κ2) is 8.27. The van der Waals surface area contributed by atoms with E-state index in [0.717, 1.165) is 17.7 Å². The molecule has 0 unspecified atom stereocenters. The summed E-state index contributed by atoms with van der Waals surface area (Å²) in [6.07, 6.45) is 0.799. The molecular formula is C20H32N2O4. The Morgan fingerprint density at radius 2 is 1.81 bits per heavy atom. The molecule has 0 saturated carbocycles. The molecule has 1 heterocycles. The van der Waals surface area contributed by atoms with Gasteiger partial charge < -0.3 is 19.5 Å². The number of nitrogens with zero attached hydrogens (tertiary/aromatic N) is 2. The molecular weight excluding hydrogens is 332 g/mol. The molecule has 0 radical (unpaired) electrons. The Balaban J connectivity index is 2.09. The highest BCUT2D eigenvalue weighted by Gasteiger charge is 2.30. The first-order valence-electron chi connectivity index (χ1n) is 9.04. The van der Waals surface area contributed by atoms with Gasteiger partial charge in [0.2, 0.25) is 5.91 Å². The molecule has 0 saturated heterocycles. The summed E-state index contributed by atoms with van der Waals surface area (Å²) in [6.45, 7) is 7.82. The van der Waals surface area contributed by atoms with E-state index in [1.807, 2.05) is 29.0 Å². The van der Waals surface area contributed by atoms with Gasteiger partial charge in [-0.3, -0.25) is 9.69 Å². The van der Waals surface area contributed by atoms with E-state index >= 15 is 0 Å². The maximum atomic E-state index is 12.8. The highest BCUT2D eigenvalue weighted by Crippen LogP contribution is 2.33. The van der Waals surface area contributed by atoms with Crippen LogP contribution in [0.3, 0.4) is 0 Å². The number of amides is 1. The molecule has 0 aliphatic carbocycles. The standard InChI is InChI=1S/C20H32N2O4/c1-20(2,3)18(13-23)21(4)12-19(24)22-8-7-14-9-16(25-5)17(26-6)10-15(14)11-22/h9-10,18,23H,7-8,11-13H2,1-6H3/t18-/m1/s1. The average Bonchev–Trinajstić information content (AvgIpc) is 2.59. The summed E-state index contributed by atoms with van der Waals surface area (Å²) in [5.74, 6) is 1.49. The summed E-state index contributed by atoms with van der Waals surface area (Å²) in [5.41, 5.74) is 2.20. The fourth-order valence-electron chi connectivity index (χ4n) is 3.59. The Bertz CT molecular complexity index is 639. The van der Waals surface area contributed by atoms with Gasteiger partial charge in [-0.15, -0.1) is 0 Å². The molecule has 1 aromatic rings. The van der Waals surface area contributed by atoms with E-state index in [1.165, 1.54) is 5.56 Å². The molecule has 1 aliphatic rings. The molecule has 1 aromatic carbocycles. The van der Waals surface area contributed by atoms with Crippen molar-refractivity contribution in [3.8, 4) is 11.5 Å². The first kappa shape index (κ1) is 20.5. The molecule has 1 amide bonds. The fraction of sp³-hybridized carbons (Fsp3) is 0.650. The average molecular weight is 364 g/mol. The first-order valence-corrected chi connectivity index (χ1v) is 9.04. The van der Waals surface area contributed by atoms with Gasteiger partial charge in [-0.25, -0.2) is 0 Å². The van der Waals surface area contributed by atoms with E-state index in [2.05, 4.69) is 20.8 Å². The number of methoxy groups -OCH3 is 2. The highest BCUT2D eigenvalue weighted by molar-refractivity contribution is 5.78. The zero-order valence-electron chi connectivity index (χ0n) is 16.8. The van der Waals surface area contributed by atoms with Gasteiger partial charge >= 0.3 is 0 Å². The van der Waals surface area contributed by atoms with Gasteiger partial charge in [0.15, 0.2) is 11.5 Å². The van der Waals surface area contributed by atoms with Gasteiger partial charge in [0.25, 0.3) is 0 Å². The zero-order valence-corrected chi connectivity index (χ0v) is 16.8. The van der Waals surface area contributed by atoms with Gasteiger partial charge in [-0.05, 0) is 42.1 Å². The Hall–Kier alpha value is -1.79. The van der Waals surface area contributed by atoms with Crippen LogP contribution in [0, 0.1) is 5.41 Å². The summed E-state index contributed by atoms with van der Waals surface area (Å²) < 4.78 is 10.7. The lowest BCUT2D eigenvalue weighted by Crippen LogP contribution is -2.49. The van der Waals surface area contributed by atoms with Crippen LogP contribution in [0.1, 0.15) is 31.9 Å². The van der Waals surface area contributed by atoms with Crippen LogP contribution < -0.4 is 9.47 Å². The number of fused-ring (bicyclic) bond motifs is 1. The molecule has 1 aliphatic heterocycles. The topological polar surface area (TPSA) is 62.2 Å². The van der Waals surface area contributed by atoms with Crippen molar-refractivity contribution in [1.29, 1.82) is 0 Å². The molecule has 146 valence electrons. The summed E-state index contributed by atoms with van der Waals surface area (Å²) in [4.78, 5) is 16.6. The van der Waals surface area contributed by atoms with Crippen LogP contribution in [0.5, 0.6) is 11.5 Å². The lowest BCUT2D eigenvalue weighted by Gasteiger charge is -2.38. The number of aliphatic hydroxyl groups is 1. The number of benzene rings is 1. The lowest BCUT2D eigenvalue weighted by molar-refractivity contribution is -0.134. The number of carbonyl (C=O) groups excluding carboxylic acids is 1. The SMILES string of the molecule is COc1cc2c(cc1OC)CN(C(=O)CN(C)[C@H](CO)C(C)(C)C)CC2. The molecule has 0 fully saturated rings. The Morgan fingerprint density at radius 1 is 1.23 bits per heavy atom. The minimum atomic E-state index is -0.0950. The minimum absolute atomic E-state index is 0.0348. The quantitative estimate of drug-likeness (QED) is 0.836. The van der Waals surface area contributed by atoms with Crippen molar-refractivity contribution in [1.82, 2.24) is 9.80 Å². The fourth-order valence-corrected chi connectivity index (χ4v) is 3.59. The largest absolute Gasteiger partial charge is 0.493 e. The van der Waals surface area contributed by atoms with Gasteiger partial charge in [-0.2, -0.15) is 0 Å². The smallest absolute Gasteiger partial charge is 0.237 e. The third-order valence-electron chi connectivity index (χ3n) is 5.16. The van der Waals surface area contributed by atoms with Crippen LogP contribution in [0.4, 0.5) is 0 Å². The zero-order chi connectivity index (χ0) is 19.5. The normalized spacial score (nSPS) is 15.6. The van der Waals surface area contributed by atoms with E-state index in [0.29, 0.717) is 25.4 Å². The molecule has 6 heteroatoms. The summed E-state index contributed by atoms with van der Waals surface area (Å²) in [5, 5.41) is 9.70. The van der Waals surface area contributed by atoms with Crippen molar-refractivity contribution in [2.75, 3.05) is 41.0 Å².